The van der Waals surface area contributed by atoms with Crippen molar-refractivity contribution < 1.29 is 24.0 Å². The second-order valence-corrected chi connectivity index (χ2v) is 7.72. The van der Waals surface area contributed by atoms with Crippen molar-refractivity contribution in [3.63, 3.8) is 0 Å². The number of nitrogens with one attached hydrogen (secondary N) is 3. The van der Waals surface area contributed by atoms with Crippen LogP contribution in [-0.2, 0) is 14.3 Å². The third-order valence-electron chi connectivity index (χ3n) is 4.94. The number of hydrogen-bond acceptors (Lipinski definition) is 4. The normalized spacial score (nSPS) is 11.5. The molecule has 2 aromatic rings. The van der Waals surface area contributed by atoms with Gasteiger partial charge < -0.3 is 20.3 Å². The van der Waals surface area contributed by atoms with Crippen molar-refractivity contribution in [2.24, 2.45) is 0 Å². The summed E-state index contributed by atoms with van der Waals surface area (Å²) in [7, 11) is 1.79. The standard InChI is InChI=1S/C24H31N3O4/c1-5-6-14-31-24(30)19-10-12-20(13-11-19)25-22(28)15-27(4)16-23(29)26-21-9-7-8-17(2)18(21)3/h7-13H,5-6,14-16H2,1-4H3,(H,25,28)(H,26,29)/p+1. The van der Waals surface area contributed by atoms with Crippen molar-refractivity contribution in [2.45, 2.75) is 33.6 Å². The van der Waals surface area contributed by atoms with Crippen LogP contribution in [0.1, 0.15) is 41.3 Å². The van der Waals surface area contributed by atoms with Crippen molar-refractivity contribution in [3.8, 4) is 0 Å². The maximum atomic E-state index is 12.3. The number of ether oxygens (including phenoxy) is 1. The molecule has 0 saturated heterocycles. The van der Waals surface area contributed by atoms with Crippen molar-refractivity contribution in [2.75, 3.05) is 37.4 Å². The van der Waals surface area contributed by atoms with Gasteiger partial charge in [-0.25, -0.2) is 4.79 Å². The van der Waals surface area contributed by atoms with Crippen LogP contribution in [0.3, 0.4) is 0 Å². The molecule has 1 unspecified atom stereocenters. The molecule has 0 saturated carbocycles. The van der Waals surface area contributed by atoms with E-state index in [9.17, 15) is 14.4 Å². The number of unbranched alkanes of at least 4 members (excludes halogenated alkanes) is 1. The van der Waals surface area contributed by atoms with Gasteiger partial charge in [0.2, 0.25) is 0 Å². The lowest BCUT2D eigenvalue weighted by Crippen LogP contribution is -3.11. The zero-order valence-electron chi connectivity index (χ0n) is 18.7. The monoisotopic (exact) mass is 426 g/mol. The quantitative estimate of drug-likeness (QED) is 0.402. The predicted octanol–water partition coefficient (Wildman–Crippen LogP) is 2.35. The second kappa shape index (κ2) is 11.9. The Hall–Kier alpha value is -3.19. The molecule has 1 atom stereocenters. The Bertz CT molecular complexity index is 910. The van der Waals surface area contributed by atoms with Crippen LogP contribution in [0, 0.1) is 13.8 Å². The molecule has 0 heterocycles. The molecule has 0 aliphatic rings. The van der Waals surface area contributed by atoms with Crippen LogP contribution >= 0.6 is 0 Å². The summed E-state index contributed by atoms with van der Waals surface area (Å²) in [5, 5.41) is 5.69. The number of carbonyl (C=O) groups is 3. The first kappa shape index (κ1) is 24.1. The molecular weight excluding hydrogens is 394 g/mol. The van der Waals surface area contributed by atoms with Crippen molar-refractivity contribution in [1.82, 2.24) is 0 Å². The lowest BCUT2D eigenvalue weighted by atomic mass is 10.1. The van der Waals surface area contributed by atoms with Crippen molar-refractivity contribution in [3.05, 3.63) is 59.2 Å². The highest BCUT2D eigenvalue weighted by Gasteiger charge is 2.16. The number of hydrogen-bond donors (Lipinski definition) is 3. The molecule has 0 radical (unpaired) electrons. The number of amides is 2. The number of quaternary nitrogens is 1. The Balaban J connectivity index is 1.80. The Kier molecular flexibility index (Phi) is 9.21. The molecule has 0 fully saturated rings. The van der Waals surface area contributed by atoms with Gasteiger partial charge >= 0.3 is 5.97 Å². The zero-order chi connectivity index (χ0) is 22.8. The average Bonchev–Trinajstić information content (AvgIpc) is 2.71. The molecule has 166 valence electrons. The largest absolute Gasteiger partial charge is 0.462 e. The smallest absolute Gasteiger partial charge is 0.338 e. The van der Waals surface area contributed by atoms with Gasteiger partial charge in [0.25, 0.3) is 11.8 Å². The second-order valence-electron chi connectivity index (χ2n) is 7.72. The summed E-state index contributed by atoms with van der Waals surface area (Å²) < 4.78 is 5.17. The maximum absolute atomic E-state index is 12.3. The number of rotatable bonds is 10. The fraction of sp³-hybridized carbons (Fsp3) is 0.375. The molecule has 2 rings (SSSR count). The van der Waals surface area contributed by atoms with Crippen LogP contribution in [0.25, 0.3) is 0 Å². The van der Waals surface area contributed by atoms with Crippen LogP contribution in [-0.4, -0.2) is 44.5 Å². The molecule has 31 heavy (non-hydrogen) atoms. The van der Waals surface area contributed by atoms with Gasteiger partial charge in [-0.1, -0.05) is 25.5 Å². The number of likely N-dealkylation sites (N-methyl/N-ethyl adjacent to an activating group) is 1. The van der Waals surface area contributed by atoms with E-state index < -0.39 is 0 Å². The van der Waals surface area contributed by atoms with Gasteiger partial charge in [0, 0.05) is 11.4 Å². The van der Waals surface area contributed by atoms with Gasteiger partial charge in [-0.3, -0.25) is 9.59 Å². The van der Waals surface area contributed by atoms with Crippen molar-refractivity contribution in [1.29, 1.82) is 0 Å². The van der Waals surface area contributed by atoms with Crippen LogP contribution in [0.5, 0.6) is 0 Å². The van der Waals surface area contributed by atoms with E-state index in [2.05, 4.69) is 10.6 Å². The highest BCUT2D eigenvalue weighted by molar-refractivity contribution is 5.94. The minimum absolute atomic E-state index is 0.140. The number of aryl methyl sites for hydroxylation is 1. The minimum Gasteiger partial charge on any atom is -0.462 e. The van der Waals surface area contributed by atoms with Gasteiger partial charge in [0.05, 0.1) is 19.2 Å². The summed E-state index contributed by atoms with van der Waals surface area (Å²) in [6, 6.07) is 12.3. The summed E-state index contributed by atoms with van der Waals surface area (Å²) in [5.74, 6) is -0.731. The number of anilines is 2. The Morgan fingerprint density at radius 3 is 2.23 bits per heavy atom. The van der Waals surface area contributed by atoms with E-state index in [1.165, 1.54) is 0 Å². The van der Waals surface area contributed by atoms with E-state index in [1.807, 2.05) is 39.0 Å². The number of carbonyl (C=O) groups excluding carboxylic acids is 3. The molecule has 7 nitrogen and oxygen atoms in total. The third-order valence-corrected chi connectivity index (χ3v) is 4.94. The third kappa shape index (κ3) is 7.86. The maximum Gasteiger partial charge on any atom is 0.338 e. The fourth-order valence-corrected chi connectivity index (χ4v) is 2.98. The molecule has 0 aliphatic carbocycles. The molecule has 7 heteroatoms. The van der Waals surface area contributed by atoms with E-state index in [1.54, 1.807) is 31.3 Å². The fourth-order valence-electron chi connectivity index (χ4n) is 2.98. The van der Waals surface area contributed by atoms with Crippen LogP contribution < -0.4 is 15.5 Å². The van der Waals surface area contributed by atoms with Gasteiger partial charge in [0.15, 0.2) is 13.1 Å². The van der Waals surface area contributed by atoms with Crippen molar-refractivity contribution >= 4 is 29.2 Å². The van der Waals surface area contributed by atoms with Gasteiger partial charge in [-0.05, 0) is 61.7 Å². The summed E-state index contributed by atoms with van der Waals surface area (Å²) in [6.07, 6.45) is 1.79. The average molecular weight is 427 g/mol. The molecule has 2 amide bonds. The molecule has 3 N–H and O–H groups in total. The lowest BCUT2D eigenvalue weighted by molar-refractivity contribution is -0.862. The highest BCUT2D eigenvalue weighted by Crippen LogP contribution is 2.17. The first-order chi connectivity index (χ1) is 14.8. The Labute approximate surface area is 183 Å². The van der Waals surface area contributed by atoms with E-state index in [0.717, 1.165) is 34.6 Å². The SMILES string of the molecule is CCCCOC(=O)c1ccc(NC(=O)C[NH+](C)CC(=O)Nc2cccc(C)c2C)cc1. The molecule has 0 spiro atoms. The lowest BCUT2D eigenvalue weighted by Gasteiger charge is -2.15. The summed E-state index contributed by atoms with van der Waals surface area (Å²) in [6.45, 7) is 6.70. The molecule has 0 bridgehead atoms. The first-order valence-corrected chi connectivity index (χ1v) is 10.5. The summed E-state index contributed by atoms with van der Waals surface area (Å²) in [4.78, 5) is 37.3. The number of esters is 1. The topological polar surface area (TPSA) is 88.9 Å². The molecular formula is C24H32N3O4+. The van der Waals surface area contributed by atoms with E-state index in [0.29, 0.717) is 17.9 Å². The Morgan fingerprint density at radius 1 is 0.935 bits per heavy atom. The zero-order valence-corrected chi connectivity index (χ0v) is 18.7. The van der Waals surface area contributed by atoms with Crippen LogP contribution in [0.4, 0.5) is 11.4 Å². The van der Waals surface area contributed by atoms with E-state index in [-0.39, 0.29) is 30.9 Å². The summed E-state index contributed by atoms with van der Waals surface area (Å²) >= 11 is 0. The predicted molar refractivity (Wildman–Crippen MR) is 121 cm³/mol. The van der Waals surface area contributed by atoms with Crippen LogP contribution in [0.15, 0.2) is 42.5 Å². The van der Waals surface area contributed by atoms with Crippen LogP contribution in [0.2, 0.25) is 0 Å². The molecule has 2 aromatic carbocycles. The number of benzene rings is 2. The van der Waals surface area contributed by atoms with E-state index in [4.69, 9.17) is 4.74 Å². The van der Waals surface area contributed by atoms with Gasteiger partial charge in [-0.2, -0.15) is 0 Å². The Morgan fingerprint density at radius 2 is 1.58 bits per heavy atom. The van der Waals surface area contributed by atoms with Gasteiger partial charge in [0.1, 0.15) is 0 Å². The first-order valence-electron chi connectivity index (χ1n) is 10.5. The van der Waals surface area contributed by atoms with E-state index >= 15 is 0 Å². The molecule has 0 aliphatic heterocycles. The summed E-state index contributed by atoms with van der Waals surface area (Å²) in [5.41, 5.74) is 3.96. The minimum atomic E-state index is -0.370. The molecule has 0 aromatic heterocycles. The highest BCUT2D eigenvalue weighted by atomic mass is 16.5. The van der Waals surface area contributed by atoms with Gasteiger partial charge in [-0.15, -0.1) is 0 Å².